The lowest BCUT2D eigenvalue weighted by molar-refractivity contribution is 0.0714. The normalized spacial score (nSPS) is 18.0. The van der Waals surface area contributed by atoms with Crippen molar-refractivity contribution in [2.45, 2.75) is 25.8 Å². The van der Waals surface area contributed by atoms with Gasteiger partial charge in [0.05, 0.1) is 16.3 Å². The first-order valence-electron chi connectivity index (χ1n) is 8.33. The van der Waals surface area contributed by atoms with Crippen molar-refractivity contribution in [3.63, 3.8) is 0 Å². The van der Waals surface area contributed by atoms with Crippen LogP contribution in [0.1, 0.15) is 28.2 Å². The number of likely N-dealkylation sites (tertiary alicyclic amines) is 1. The quantitative estimate of drug-likeness (QED) is 0.745. The van der Waals surface area contributed by atoms with Crippen LogP contribution in [0.2, 0.25) is 5.02 Å². The summed E-state index contributed by atoms with van der Waals surface area (Å²) in [5.74, 6) is 0.0633. The molecule has 2 N–H and O–H groups in total. The lowest BCUT2D eigenvalue weighted by Crippen LogP contribution is -2.45. The molecule has 1 fully saturated rings. The van der Waals surface area contributed by atoms with E-state index in [1.54, 1.807) is 0 Å². The zero-order valence-corrected chi connectivity index (χ0v) is 15.5. The second-order valence-electron chi connectivity index (χ2n) is 6.46. The highest BCUT2D eigenvalue weighted by molar-refractivity contribution is 7.20. The minimum Gasteiger partial charge on any atom is -0.336 e. The molecule has 25 heavy (non-hydrogen) atoms. The van der Waals surface area contributed by atoms with Crippen LogP contribution in [0.25, 0.3) is 15.9 Å². The van der Waals surface area contributed by atoms with Crippen LogP contribution in [0.3, 0.4) is 0 Å². The van der Waals surface area contributed by atoms with Gasteiger partial charge in [0.15, 0.2) is 0 Å². The van der Waals surface area contributed by atoms with Crippen LogP contribution < -0.4 is 5.73 Å². The Bertz CT molecular complexity index is 948. The van der Waals surface area contributed by atoms with Crippen LogP contribution in [-0.4, -0.2) is 39.7 Å². The number of nitrogens with two attached hydrogens (primary N) is 1. The van der Waals surface area contributed by atoms with Gasteiger partial charge in [-0.25, -0.2) is 4.68 Å². The highest BCUT2D eigenvalue weighted by atomic mass is 35.5. The minimum absolute atomic E-state index is 0.0633. The molecule has 5 nitrogen and oxygen atoms in total. The summed E-state index contributed by atoms with van der Waals surface area (Å²) in [5.41, 5.74) is 7.82. The summed E-state index contributed by atoms with van der Waals surface area (Å²) >= 11 is 7.59. The first-order valence-corrected chi connectivity index (χ1v) is 9.52. The van der Waals surface area contributed by atoms with Gasteiger partial charge >= 0.3 is 0 Å². The Morgan fingerprint density at radius 3 is 3.00 bits per heavy atom. The van der Waals surface area contributed by atoms with E-state index < -0.39 is 0 Å². The molecule has 2 aromatic heterocycles. The first kappa shape index (κ1) is 16.6. The number of benzene rings is 1. The maximum Gasteiger partial charge on any atom is 0.264 e. The number of fused-ring (bicyclic) bond motifs is 1. The third-order valence-corrected chi connectivity index (χ3v) is 5.89. The van der Waals surface area contributed by atoms with Crippen LogP contribution in [-0.2, 0) is 0 Å². The molecular formula is C18H19ClN4OS. The molecule has 1 atom stereocenters. The molecule has 0 aliphatic carbocycles. The Morgan fingerprint density at radius 2 is 2.24 bits per heavy atom. The second kappa shape index (κ2) is 6.44. The van der Waals surface area contributed by atoms with Crippen LogP contribution in [0.4, 0.5) is 0 Å². The fourth-order valence-electron chi connectivity index (χ4n) is 3.29. The van der Waals surface area contributed by atoms with E-state index in [0.717, 1.165) is 45.9 Å². The van der Waals surface area contributed by atoms with Gasteiger partial charge < -0.3 is 10.6 Å². The van der Waals surface area contributed by atoms with E-state index in [9.17, 15) is 4.79 Å². The molecule has 1 aromatic carbocycles. The molecule has 3 heterocycles. The number of thiophene rings is 1. The maximum absolute atomic E-state index is 12.9. The van der Waals surface area contributed by atoms with Crippen molar-refractivity contribution in [1.29, 1.82) is 0 Å². The lowest BCUT2D eigenvalue weighted by atomic mass is 10.1. The van der Waals surface area contributed by atoms with Gasteiger partial charge in [-0.1, -0.05) is 17.7 Å². The van der Waals surface area contributed by atoms with E-state index in [2.05, 4.69) is 5.10 Å². The maximum atomic E-state index is 12.9. The van der Waals surface area contributed by atoms with E-state index in [-0.39, 0.29) is 11.9 Å². The zero-order valence-electron chi connectivity index (χ0n) is 13.9. The summed E-state index contributed by atoms with van der Waals surface area (Å²) in [7, 11) is 0. The smallest absolute Gasteiger partial charge is 0.264 e. The molecule has 1 saturated heterocycles. The highest BCUT2D eigenvalue weighted by Crippen LogP contribution is 2.32. The van der Waals surface area contributed by atoms with Crippen molar-refractivity contribution in [2.24, 2.45) is 5.73 Å². The Labute approximate surface area is 155 Å². The Kier molecular flexibility index (Phi) is 4.27. The number of carbonyl (C=O) groups excluding carboxylic acids is 1. The van der Waals surface area contributed by atoms with E-state index in [0.29, 0.717) is 11.6 Å². The molecule has 0 spiro atoms. The molecule has 0 saturated carbocycles. The average Bonchev–Trinajstić information content (AvgIpc) is 3.15. The van der Waals surface area contributed by atoms with Crippen molar-refractivity contribution in [1.82, 2.24) is 14.7 Å². The number of aromatic nitrogens is 2. The summed E-state index contributed by atoms with van der Waals surface area (Å²) in [6.45, 7) is 3.37. The molecule has 130 valence electrons. The summed E-state index contributed by atoms with van der Waals surface area (Å²) in [6.07, 6.45) is 1.95. The van der Waals surface area contributed by atoms with Crippen molar-refractivity contribution < 1.29 is 4.79 Å². The van der Waals surface area contributed by atoms with Crippen molar-refractivity contribution in [3.8, 4) is 5.69 Å². The number of piperidine rings is 1. The van der Waals surface area contributed by atoms with Crippen LogP contribution >= 0.6 is 22.9 Å². The number of nitrogens with zero attached hydrogens (tertiary/aromatic N) is 3. The van der Waals surface area contributed by atoms with Gasteiger partial charge in [0.2, 0.25) is 0 Å². The molecular weight excluding hydrogens is 356 g/mol. The third-order valence-electron chi connectivity index (χ3n) is 4.55. The third kappa shape index (κ3) is 3.05. The molecule has 1 aliphatic heterocycles. The molecule has 1 unspecified atom stereocenters. The average molecular weight is 375 g/mol. The molecule has 1 aliphatic rings. The SMILES string of the molecule is Cc1nn(-c2cccc(Cl)c2)c2sc(C(=O)N3CCCC(N)C3)cc12. The number of hydrogen-bond donors (Lipinski definition) is 1. The summed E-state index contributed by atoms with van der Waals surface area (Å²) in [5, 5.41) is 6.28. The van der Waals surface area contributed by atoms with Gasteiger partial charge in [-0.3, -0.25) is 4.79 Å². The molecule has 4 rings (SSSR count). The monoisotopic (exact) mass is 374 g/mol. The number of aryl methyl sites for hydroxylation is 1. The number of rotatable bonds is 2. The summed E-state index contributed by atoms with van der Waals surface area (Å²) in [4.78, 5) is 16.4. The molecule has 0 bridgehead atoms. The number of amides is 1. The fraction of sp³-hybridized carbons (Fsp3) is 0.333. The van der Waals surface area contributed by atoms with Gasteiger partial charge in [0.1, 0.15) is 4.83 Å². The fourth-order valence-corrected chi connectivity index (χ4v) is 4.62. The summed E-state index contributed by atoms with van der Waals surface area (Å²) in [6, 6.07) is 9.60. The van der Waals surface area contributed by atoms with E-state index in [1.165, 1.54) is 11.3 Å². The molecule has 1 amide bonds. The highest BCUT2D eigenvalue weighted by Gasteiger charge is 2.25. The van der Waals surface area contributed by atoms with E-state index in [4.69, 9.17) is 17.3 Å². The summed E-state index contributed by atoms with van der Waals surface area (Å²) < 4.78 is 1.86. The number of carbonyl (C=O) groups is 1. The van der Waals surface area contributed by atoms with E-state index in [1.807, 2.05) is 46.8 Å². The predicted octanol–water partition coefficient (Wildman–Crippen LogP) is 3.61. The number of halogens is 1. The minimum atomic E-state index is 0.0633. The lowest BCUT2D eigenvalue weighted by Gasteiger charge is -2.30. The Morgan fingerprint density at radius 1 is 1.40 bits per heavy atom. The van der Waals surface area contributed by atoms with Crippen LogP contribution in [0.5, 0.6) is 0 Å². The van der Waals surface area contributed by atoms with E-state index >= 15 is 0 Å². The predicted molar refractivity (Wildman–Crippen MR) is 102 cm³/mol. The van der Waals surface area contributed by atoms with Gasteiger partial charge in [-0.05, 0) is 44.0 Å². The molecule has 3 aromatic rings. The van der Waals surface area contributed by atoms with Crippen molar-refractivity contribution >= 4 is 39.1 Å². The number of hydrogen-bond acceptors (Lipinski definition) is 4. The molecule has 7 heteroatoms. The first-order chi connectivity index (χ1) is 12.0. The van der Waals surface area contributed by atoms with Crippen molar-refractivity contribution in [3.05, 3.63) is 45.9 Å². The topological polar surface area (TPSA) is 64.2 Å². The van der Waals surface area contributed by atoms with Crippen LogP contribution in [0, 0.1) is 6.92 Å². The Balaban J connectivity index is 1.73. The van der Waals surface area contributed by atoms with Gasteiger partial charge in [0, 0.05) is 29.5 Å². The van der Waals surface area contributed by atoms with Crippen LogP contribution in [0.15, 0.2) is 30.3 Å². The van der Waals surface area contributed by atoms with Gasteiger partial charge in [-0.2, -0.15) is 5.10 Å². The van der Waals surface area contributed by atoms with Gasteiger partial charge in [0.25, 0.3) is 5.91 Å². The second-order valence-corrected chi connectivity index (χ2v) is 7.93. The largest absolute Gasteiger partial charge is 0.336 e. The zero-order chi connectivity index (χ0) is 17.6. The standard InChI is InChI=1S/C18H19ClN4OS/c1-11-15-9-16(17(24)22-7-3-5-13(20)10-22)25-18(15)23(21-11)14-6-2-4-12(19)8-14/h2,4,6,8-9,13H,3,5,7,10,20H2,1H3. The van der Waals surface area contributed by atoms with Crippen molar-refractivity contribution in [2.75, 3.05) is 13.1 Å². The van der Waals surface area contributed by atoms with Gasteiger partial charge in [-0.15, -0.1) is 11.3 Å². The molecule has 0 radical (unpaired) electrons. The Hall–Kier alpha value is -1.89.